The van der Waals surface area contributed by atoms with Gasteiger partial charge in [-0.3, -0.25) is 4.79 Å². The SMILES string of the molecule is O=C(Nc1ccccc1-n1cc(Br)cn1)C1CCOC1. The van der Waals surface area contributed by atoms with Crippen molar-refractivity contribution in [2.45, 2.75) is 6.42 Å². The van der Waals surface area contributed by atoms with E-state index in [0.717, 1.165) is 22.3 Å². The maximum Gasteiger partial charge on any atom is 0.229 e. The molecular weight excluding hydrogens is 322 g/mol. The van der Waals surface area contributed by atoms with Gasteiger partial charge in [-0.1, -0.05) is 12.1 Å². The standard InChI is InChI=1S/C14H14BrN3O2/c15-11-7-16-18(8-11)13-4-2-1-3-12(13)17-14(19)10-5-6-20-9-10/h1-4,7-8,10H,5-6,9H2,(H,17,19). The molecule has 0 aliphatic carbocycles. The minimum atomic E-state index is -0.0626. The van der Waals surface area contributed by atoms with Crippen molar-refractivity contribution >= 4 is 27.5 Å². The van der Waals surface area contributed by atoms with Gasteiger partial charge in [-0.2, -0.15) is 5.10 Å². The van der Waals surface area contributed by atoms with Crippen molar-refractivity contribution in [2.24, 2.45) is 5.92 Å². The van der Waals surface area contributed by atoms with E-state index in [1.54, 1.807) is 10.9 Å². The Hall–Kier alpha value is -1.66. The number of aromatic nitrogens is 2. The van der Waals surface area contributed by atoms with E-state index in [4.69, 9.17) is 4.74 Å². The molecule has 20 heavy (non-hydrogen) atoms. The zero-order valence-electron chi connectivity index (χ0n) is 10.8. The highest BCUT2D eigenvalue weighted by Gasteiger charge is 2.24. The molecule has 0 spiro atoms. The molecule has 104 valence electrons. The van der Waals surface area contributed by atoms with Gasteiger partial charge in [0.05, 0.1) is 34.6 Å². The largest absolute Gasteiger partial charge is 0.381 e. The van der Waals surface area contributed by atoms with Gasteiger partial charge in [0, 0.05) is 12.8 Å². The second-order valence-corrected chi connectivity index (χ2v) is 5.59. The number of nitrogens with one attached hydrogen (secondary N) is 1. The van der Waals surface area contributed by atoms with Gasteiger partial charge in [0.25, 0.3) is 0 Å². The number of hydrogen-bond donors (Lipinski definition) is 1. The van der Waals surface area contributed by atoms with Crippen LogP contribution in [0.2, 0.25) is 0 Å². The zero-order chi connectivity index (χ0) is 13.9. The van der Waals surface area contributed by atoms with E-state index in [2.05, 4.69) is 26.3 Å². The lowest BCUT2D eigenvalue weighted by Crippen LogP contribution is -2.23. The Bertz CT molecular complexity index is 620. The maximum absolute atomic E-state index is 12.2. The fourth-order valence-electron chi connectivity index (χ4n) is 2.19. The lowest BCUT2D eigenvalue weighted by molar-refractivity contribution is -0.119. The first-order valence-corrected chi connectivity index (χ1v) is 7.21. The molecule has 1 N–H and O–H groups in total. The summed E-state index contributed by atoms with van der Waals surface area (Å²) in [5, 5.41) is 7.21. The summed E-state index contributed by atoms with van der Waals surface area (Å²) in [4.78, 5) is 12.2. The highest BCUT2D eigenvalue weighted by atomic mass is 79.9. The van der Waals surface area contributed by atoms with Crippen LogP contribution in [0.3, 0.4) is 0 Å². The summed E-state index contributed by atoms with van der Waals surface area (Å²) in [6.07, 6.45) is 4.34. The molecule has 0 bridgehead atoms. The van der Waals surface area contributed by atoms with Crippen molar-refractivity contribution in [3.05, 3.63) is 41.1 Å². The Balaban J connectivity index is 1.84. The normalized spacial score (nSPS) is 18.1. The van der Waals surface area contributed by atoms with Crippen molar-refractivity contribution in [1.82, 2.24) is 9.78 Å². The van der Waals surface area contributed by atoms with E-state index < -0.39 is 0 Å². The van der Waals surface area contributed by atoms with Crippen LogP contribution in [0.25, 0.3) is 5.69 Å². The first kappa shape index (κ1) is 13.3. The van der Waals surface area contributed by atoms with Gasteiger partial charge in [-0.15, -0.1) is 0 Å². The van der Waals surface area contributed by atoms with Crippen molar-refractivity contribution in [1.29, 1.82) is 0 Å². The predicted molar refractivity (Wildman–Crippen MR) is 78.8 cm³/mol. The van der Waals surface area contributed by atoms with Crippen LogP contribution >= 0.6 is 15.9 Å². The molecule has 1 aromatic heterocycles. The molecule has 3 rings (SSSR count). The molecule has 1 aliphatic heterocycles. The molecule has 1 saturated heterocycles. The van der Waals surface area contributed by atoms with Crippen molar-refractivity contribution in [3.63, 3.8) is 0 Å². The molecule has 1 amide bonds. The van der Waals surface area contributed by atoms with Gasteiger partial charge in [0.2, 0.25) is 5.91 Å². The van der Waals surface area contributed by atoms with Gasteiger partial charge in [0.15, 0.2) is 0 Å². The highest BCUT2D eigenvalue weighted by molar-refractivity contribution is 9.10. The van der Waals surface area contributed by atoms with Crippen LogP contribution in [0.4, 0.5) is 5.69 Å². The molecule has 6 heteroatoms. The van der Waals surface area contributed by atoms with Gasteiger partial charge in [0.1, 0.15) is 0 Å². The van der Waals surface area contributed by atoms with Gasteiger partial charge < -0.3 is 10.1 Å². The van der Waals surface area contributed by atoms with Gasteiger partial charge in [-0.25, -0.2) is 4.68 Å². The second-order valence-electron chi connectivity index (χ2n) is 4.67. The Morgan fingerprint density at radius 3 is 3.00 bits per heavy atom. The number of ether oxygens (including phenoxy) is 1. The second kappa shape index (κ2) is 5.76. The molecule has 1 fully saturated rings. The quantitative estimate of drug-likeness (QED) is 0.937. The predicted octanol–water partition coefficient (Wildman–Crippen LogP) is 2.61. The fraction of sp³-hybridized carbons (Fsp3) is 0.286. The first-order valence-electron chi connectivity index (χ1n) is 6.42. The topological polar surface area (TPSA) is 56.2 Å². The van der Waals surface area contributed by atoms with E-state index in [-0.39, 0.29) is 11.8 Å². The number of amides is 1. The third kappa shape index (κ3) is 2.76. The molecule has 2 aromatic rings. The summed E-state index contributed by atoms with van der Waals surface area (Å²) in [5.41, 5.74) is 1.59. The smallest absolute Gasteiger partial charge is 0.229 e. The van der Waals surface area contributed by atoms with Crippen molar-refractivity contribution < 1.29 is 9.53 Å². The number of rotatable bonds is 3. The summed E-state index contributed by atoms with van der Waals surface area (Å²) in [7, 11) is 0. The van der Waals surface area contributed by atoms with E-state index in [0.29, 0.717) is 13.2 Å². The van der Waals surface area contributed by atoms with Crippen molar-refractivity contribution in [2.75, 3.05) is 18.5 Å². The van der Waals surface area contributed by atoms with Crippen LogP contribution in [0, 0.1) is 5.92 Å². The Kier molecular flexibility index (Phi) is 3.84. The monoisotopic (exact) mass is 335 g/mol. The summed E-state index contributed by atoms with van der Waals surface area (Å²) in [5.74, 6) is -0.0615. The average Bonchev–Trinajstić information content (AvgIpc) is 3.10. The lowest BCUT2D eigenvalue weighted by Gasteiger charge is -2.13. The van der Waals surface area contributed by atoms with Gasteiger partial charge in [-0.05, 0) is 34.5 Å². The number of carbonyl (C=O) groups is 1. The average molecular weight is 336 g/mol. The van der Waals surface area contributed by atoms with Gasteiger partial charge >= 0.3 is 0 Å². The number of anilines is 1. The minimum absolute atomic E-state index is 0.00109. The fourth-order valence-corrected chi connectivity index (χ4v) is 2.47. The third-order valence-electron chi connectivity index (χ3n) is 3.26. The molecule has 0 saturated carbocycles. The number of hydrogen-bond acceptors (Lipinski definition) is 3. The van der Waals surface area contributed by atoms with E-state index in [1.807, 2.05) is 30.5 Å². The highest BCUT2D eigenvalue weighted by Crippen LogP contribution is 2.23. The third-order valence-corrected chi connectivity index (χ3v) is 3.67. The van der Waals surface area contributed by atoms with Crippen LogP contribution in [0.1, 0.15) is 6.42 Å². The van der Waals surface area contributed by atoms with Crippen LogP contribution < -0.4 is 5.32 Å². The maximum atomic E-state index is 12.2. The molecule has 1 aromatic carbocycles. The molecule has 0 radical (unpaired) electrons. The van der Waals surface area contributed by atoms with Crippen LogP contribution in [0.5, 0.6) is 0 Å². The molecule has 1 atom stereocenters. The van der Waals surface area contributed by atoms with E-state index in [1.165, 1.54) is 0 Å². The lowest BCUT2D eigenvalue weighted by atomic mass is 10.1. The molecule has 1 unspecified atom stereocenters. The number of nitrogens with zero attached hydrogens (tertiary/aromatic N) is 2. The molecule has 2 heterocycles. The Morgan fingerprint density at radius 1 is 1.45 bits per heavy atom. The zero-order valence-corrected chi connectivity index (χ0v) is 12.3. The van der Waals surface area contributed by atoms with Crippen LogP contribution in [0.15, 0.2) is 41.1 Å². The van der Waals surface area contributed by atoms with E-state index in [9.17, 15) is 4.79 Å². The summed E-state index contributed by atoms with van der Waals surface area (Å²) in [6, 6.07) is 7.60. The van der Waals surface area contributed by atoms with Crippen LogP contribution in [-0.4, -0.2) is 28.9 Å². The summed E-state index contributed by atoms with van der Waals surface area (Å²) >= 11 is 3.37. The van der Waals surface area contributed by atoms with Crippen LogP contribution in [-0.2, 0) is 9.53 Å². The molecule has 5 nitrogen and oxygen atoms in total. The Morgan fingerprint density at radius 2 is 2.30 bits per heavy atom. The number of para-hydroxylation sites is 2. The molecular formula is C14H14BrN3O2. The number of carbonyl (C=O) groups excluding carboxylic acids is 1. The Labute approximate surface area is 125 Å². The summed E-state index contributed by atoms with van der Waals surface area (Å²) in [6.45, 7) is 1.16. The van der Waals surface area contributed by atoms with Crippen molar-refractivity contribution in [3.8, 4) is 5.69 Å². The molecule has 1 aliphatic rings. The van der Waals surface area contributed by atoms with E-state index >= 15 is 0 Å². The summed E-state index contributed by atoms with van der Waals surface area (Å²) < 4.78 is 7.87. The number of halogens is 1. The minimum Gasteiger partial charge on any atom is -0.381 e. The first-order chi connectivity index (χ1) is 9.74. The number of benzene rings is 1.